The van der Waals surface area contributed by atoms with Crippen molar-refractivity contribution in [3.63, 3.8) is 0 Å². The van der Waals surface area contributed by atoms with Crippen LogP contribution in [-0.2, 0) is 11.3 Å². The third kappa shape index (κ3) is 7.05. The van der Waals surface area contributed by atoms with Crippen LogP contribution in [0.25, 0.3) is 0 Å². The van der Waals surface area contributed by atoms with Gasteiger partial charge in [0.25, 0.3) is 0 Å². The van der Waals surface area contributed by atoms with E-state index >= 15 is 0 Å². The second-order valence-electron chi connectivity index (χ2n) is 5.28. The zero-order valence-corrected chi connectivity index (χ0v) is 14.1. The second kappa shape index (κ2) is 9.90. The number of benzene rings is 1. The monoisotopic (exact) mass is 358 g/mol. The van der Waals surface area contributed by atoms with E-state index < -0.39 is 0 Å². The van der Waals surface area contributed by atoms with Crippen molar-refractivity contribution in [1.29, 1.82) is 0 Å². The van der Waals surface area contributed by atoms with E-state index in [0.717, 1.165) is 30.2 Å². The van der Waals surface area contributed by atoms with Crippen molar-refractivity contribution in [2.75, 3.05) is 6.54 Å². The van der Waals surface area contributed by atoms with E-state index in [9.17, 15) is 9.18 Å². The molecule has 3 N–H and O–H groups in total. The predicted octanol–water partition coefficient (Wildman–Crippen LogP) is 3.75. The number of nitrogens with one attached hydrogen (secondary N) is 1. The van der Waals surface area contributed by atoms with Crippen LogP contribution in [0.1, 0.15) is 44.6 Å². The van der Waals surface area contributed by atoms with Gasteiger partial charge < -0.3 is 11.1 Å². The first kappa shape index (κ1) is 18.1. The zero-order chi connectivity index (χ0) is 15.7. The summed E-state index contributed by atoms with van der Waals surface area (Å²) in [5, 5.41) is 2.78. The van der Waals surface area contributed by atoms with Crippen LogP contribution >= 0.6 is 15.9 Å². The number of halogens is 2. The fourth-order valence-corrected chi connectivity index (χ4v) is 2.78. The molecule has 1 unspecified atom stereocenters. The van der Waals surface area contributed by atoms with Gasteiger partial charge in [-0.25, -0.2) is 4.39 Å². The van der Waals surface area contributed by atoms with E-state index in [1.165, 1.54) is 6.07 Å². The van der Waals surface area contributed by atoms with E-state index in [1.807, 2.05) is 0 Å². The molecule has 1 aromatic carbocycles. The standard InChI is InChI=1S/C16H24BrFN2O/c1-2-3-12(8-9-19)4-7-16(21)20-11-13-10-14(17)5-6-15(13)18/h5-6,10,12H,2-4,7-9,11,19H2,1H3,(H,20,21). The van der Waals surface area contributed by atoms with E-state index in [-0.39, 0.29) is 18.3 Å². The number of rotatable bonds is 9. The van der Waals surface area contributed by atoms with E-state index in [4.69, 9.17) is 5.73 Å². The summed E-state index contributed by atoms with van der Waals surface area (Å²) >= 11 is 3.30. The number of hydrogen-bond acceptors (Lipinski definition) is 2. The molecule has 1 atom stereocenters. The maximum Gasteiger partial charge on any atom is 0.220 e. The molecule has 0 fully saturated rings. The lowest BCUT2D eigenvalue weighted by Gasteiger charge is -2.14. The van der Waals surface area contributed by atoms with E-state index in [2.05, 4.69) is 28.2 Å². The summed E-state index contributed by atoms with van der Waals surface area (Å²) in [7, 11) is 0. The molecule has 0 spiro atoms. The van der Waals surface area contributed by atoms with Crippen molar-refractivity contribution in [2.24, 2.45) is 11.7 Å². The van der Waals surface area contributed by atoms with Crippen LogP contribution in [-0.4, -0.2) is 12.5 Å². The Labute approximate surface area is 134 Å². The van der Waals surface area contributed by atoms with Gasteiger partial charge in [-0.3, -0.25) is 4.79 Å². The Bertz CT molecular complexity index is 448. The summed E-state index contributed by atoms with van der Waals surface area (Å²) in [6.07, 6.45) is 4.49. The van der Waals surface area contributed by atoms with Crippen molar-refractivity contribution >= 4 is 21.8 Å². The van der Waals surface area contributed by atoms with Gasteiger partial charge in [0.15, 0.2) is 0 Å². The summed E-state index contributed by atoms with van der Waals surface area (Å²) in [6.45, 7) is 3.02. The molecule has 0 bridgehead atoms. The quantitative estimate of drug-likeness (QED) is 0.706. The molecule has 21 heavy (non-hydrogen) atoms. The van der Waals surface area contributed by atoms with Crippen molar-refractivity contribution in [1.82, 2.24) is 5.32 Å². The number of nitrogens with two attached hydrogens (primary N) is 1. The Hall–Kier alpha value is -0.940. The van der Waals surface area contributed by atoms with Crippen molar-refractivity contribution < 1.29 is 9.18 Å². The molecular formula is C16H24BrFN2O. The SMILES string of the molecule is CCCC(CCN)CCC(=O)NCc1cc(Br)ccc1F. The highest BCUT2D eigenvalue weighted by molar-refractivity contribution is 9.10. The maximum atomic E-state index is 13.5. The first-order valence-corrected chi connectivity index (χ1v) is 8.26. The largest absolute Gasteiger partial charge is 0.352 e. The molecule has 5 heteroatoms. The minimum Gasteiger partial charge on any atom is -0.352 e. The maximum absolute atomic E-state index is 13.5. The number of carbonyl (C=O) groups is 1. The van der Waals surface area contributed by atoms with Gasteiger partial charge in [-0.05, 0) is 43.5 Å². The van der Waals surface area contributed by atoms with Gasteiger partial charge in [-0.2, -0.15) is 0 Å². The topological polar surface area (TPSA) is 55.1 Å². The molecule has 0 radical (unpaired) electrons. The average molecular weight is 359 g/mol. The number of carbonyl (C=O) groups excluding carboxylic acids is 1. The van der Waals surface area contributed by atoms with Crippen LogP contribution in [0.4, 0.5) is 4.39 Å². The zero-order valence-electron chi connectivity index (χ0n) is 12.5. The molecule has 0 saturated carbocycles. The molecule has 0 aromatic heterocycles. The second-order valence-corrected chi connectivity index (χ2v) is 6.20. The van der Waals surface area contributed by atoms with Crippen molar-refractivity contribution in [3.8, 4) is 0 Å². The highest BCUT2D eigenvalue weighted by atomic mass is 79.9. The molecule has 1 aromatic rings. The lowest BCUT2D eigenvalue weighted by atomic mass is 9.94. The summed E-state index contributed by atoms with van der Waals surface area (Å²) in [4.78, 5) is 11.8. The molecule has 0 aliphatic heterocycles. The molecule has 0 aliphatic rings. The first-order valence-electron chi connectivity index (χ1n) is 7.47. The van der Waals surface area contributed by atoms with Gasteiger partial charge in [0.05, 0.1) is 0 Å². The Morgan fingerprint density at radius 3 is 2.81 bits per heavy atom. The first-order chi connectivity index (χ1) is 10.1. The van der Waals surface area contributed by atoms with Crippen molar-refractivity contribution in [3.05, 3.63) is 34.1 Å². The predicted molar refractivity (Wildman–Crippen MR) is 87.3 cm³/mol. The third-order valence-corrected chi connectivity index (χ3v) is 4.03. The minimum atomic E-state index is -0.300. The van der Waals surface area contributed by atoms with Crippen LogP contribution < -0.4 is 11.1 Å². The van der Waals surface area contributed by atoms with Gasteiger partial charge in [-0.1, -0.05) is 35.7 Å². The highest BCUT2D eigenvalue weighted by Crippen LogP contribution is 2.17. The molecule has 0 heterocycles. The van der Waals surface area contributed by atoms with Gasteiger partial charge in [0, 0.05) is 23.0 Å². The van der Waals surface area contributed by atoms with Crippen LogP contribution in [0.15, 0.2) is 22.7 Å². The van der Waals surface area contributed by atoms with Gasteiger partial charge in [-0.15, -0.1) is 0 Å². The summed E-state index contributed by atoms with van der Waals surface area (Å²) < 4.78 is 14.4. The van der Waals surface area contributed by atoms with E-state index in [1.54, 1.807) is 12.1 Å². The highest BCUT2D eigenvalue weighted by Gasteiger charge is 2.11. The lowest BCUT2D eigenvalue weighted by Crippen LogP contribution is -2.24. The van der Waals surface area contributed by atoms with Crippen LogP contribution in [0, 0.1) is 11.7 Å². The van der Waals surface area contributed by atoms with Gasteiger partial charge in [0.2, 0.25) is 5.91 Å². The van der Waals surface area contributed by atoms with Crippen molar-refractivity contribution in [2.45, 2.75) is 45.6 Å². The van der Waals surface area contributed by atoms with Crippen LogP contribution in [0.5, 0.6) is 0 Å². The summed E-state index contributed by atoms with van der Waals surface area (Å²) in [5.74, 6) is 0.173. The molecule has 1 rings (SSSR count). The Morgan fingerprint density at radius 1 is 1.38 bits per heavy atom. The molecule has 3 nitrogen and oxygen atoms in total. The molecule has 0 saturated heterocycles. The van der Waals surface area contributed by atoms with Crippen LogP contribution in [0.3, 0.4) is 0 Å². The number of hydrogen-bond donors (Lipinski definition) is 2. The van der Waals surface area contributed by atoms with E-state index in [0.29, 0.717) is 24.4 Å². The normalized spacial score (nSPS) is 12.2. The Morgan fingerprint density at radius 2 is 2.14 bits per heavy atom. The fraction of sp³-hybridized carbons (Fsp3) is 0.562. The molecule has 1 amide bonds. The smallest absolute Gasteiger partial charge is 0.220 e. The minimum absolute atomic E-state index is 0.0347. The third-order valence-electron chi connectivity index (χ3n) is 3.54. The van der Waals surface area contributed by atoms with Crippen LogP contribution in [0.2, 0.25) is 0 Å². The van der Waals surface area contributed by atoms with Gasteiger partial charge in [0.1, 0.15) is 5.82 Å². The van der Waals surface area contributed by atoms with Gasteiger partial charge >= 0.3 is 0 Å². The number of amides is 1. The summed E-state index contributed by atoms with van der Waals surface area (Å²) in [5.41, 5.74) is 6.08. The Balaban J connectivity index is 2.38. The molecule has 118 valence electrons. The molecular weight excluding hydrogens is 335 g/mol. The summed E-state index contributed by atoms with van der Waals surface area (Å²) in [6, 6.07) is 4.72. The lowest BCUT2D eigenvalue weighted by molar-refractivity contribution is -0.121. The average Bonchev–Trinajstić information content (AvgIpc) is 2.46. The molecule has 0 aliphatic carbocycles. The fourth-order valence-electron chi connectivity index (χ4n) is 2.37. The Kier molecular flexibility index (Phi) is 8.54.